The average Bonchev–Trinajstić information content (AvgIpc) is 2.84. The van der Waals surface area contributed by atoms with Gasteiger partial charge in [0, 0.05) is 39.6 Å². The molecule has 0 aliphatic carbocycles. The predicted octanol–water partition coefficient (Wildman–Crippen LogP) is 1.61. The van der Waals surface area contributed by atoms with Crippen LogP contribution < -0.4 is 10.6 Å². The molecular weight excluding hydrogens is 480 g/mol. The highest BCUT2D eigenvalue weighted by atomic mass is 16.6. The summed E-state index contributed by atoms with van der Waals surface area (Å²) in [4.78, 5) is 64.6. The van der Waals surface area contributed by atoms with Crippen LogP contribution in [0, 0.1) is 11.8 Å². The highest BCUT2D eigenvalue weighted by molar-refractivity contribution is 5.89. The molecule has 0 saturated carbocycles. The Labute approximate surface area is 219 Å². The zero-order valence-corrected chi connectivity index (χ0v) is 22.7. The Kier molecular flexibility index (Phi) is 11.4. The minimum Gasteiger partial charge on any atom is -0.464 e. The van der Waals surface area contributed by atoms with Gasteiger partial charge in [0.05, 0.1) is 12.5 Å². The molecule has 11 nitrogen and oxygen atoms in total. The Hall–Kier alpha value is -3.11. The van der Waals surface area contributed by atoms with Crippen molar-refractivity contribution in [2.24, 2.45) is 11.8 Å². The first-order valence-electron chi connectivity index (χ1n) is 13.1. The Morgan fingerprint density at radius 2 is 1.70 bits per heavy atom. The summed E-state index contributed by atoms with van der Waals surface area (Å²) in [5, 5.41) is 5.20. The predicted molar refractivity (Wildman–Crippen MR) is 136 cm³/mol. The molecule has 0 bridgehead atoms. The number of carbonyl (C=O) groups excluding carboxylic acids is 5. The largest absolute Gasteiger partial charge is 0.464 e. The molecule has 1 unspecified atom stereocenters. The summed E-state index contributed by atoms with van der Waals surface area (Å²) < 4.78 is 10.4. The number of rotatable bonds is 8. The summed E-state index contributed by atoms with van der Waals surface area (Å²) in [6, 6.07) is -0.965. The van der Waals surface area contributed by atoms with E-state index in [1.54, 1.807) is 22.8 Å². The lowest BCUT2D eigenvalue weighted by Gasteiger charge is -2.33. The number of likely N-dealkylation sites (tertiary alicyclic amines) is 2. The molecule has 4 amide bonds. The monoisotopic (exact) mass is 522 g/mol. The summed E-state index contributed by atoms with van der Waals surface area (Å²) in [5.74, 6) is -1.63. The smallest absolute Gasteiger partial charge is 0.410 e. The van der Waals surface area contributed by atoms with E-state index >= 15 is 0 Å². The van der Waals surface area contributed by atoms with Crippen LogP contribution in [0.5, 0.6) is 0 Å². The number of carbonyl (C=O) groups is 5. The number of nitrogens with zero attached hydrogens (tertiary/aromatic N) is 2. The van der Waals surface area contributed by atoms with Crippen molar-refractivity contribution in [2.75, 3.05) is 39.3 Å². The second-order valence-corrected chi connectivity index (χ2v) is 10.5. The van der Waals surface area contributed by atoms with Crippen LogP contribution in [0.2, 0.25) is 0 Å². The number of hydrogen-bond acceptors (Lipinski definition) is 7. The molecule has 11 heteroatoms. The number of nitrogens with one attached hydrogen (secondary N) is 2. The van der Waals surface area contributed by atoms with E-state index in [1.807, 2.05) is 26.8 Å². The molecule has 2 atom stereocenters. The van der Waals surface area contributed by atoms with E-state index in [-0.39, 0.29) is 43.5 Å². The first-order chi connectivity index (χ1) is 17.4. The lowest BCUT2D eigenvalue weighted by Crippen LogP contribution is -2.51. The summed E-state index contributed by atoms with van der Waals surface area (Å²) >= 11 is 0. The highest BCUT2D eigenvalue weighted by Crippen LogP contribution is 2.22. The van der Waals surface area contributed by atoms with E-state index in [0.717, 1.165) is 12.8 Å². The Bertz CT molecular complexity index is 859. The summed E-state index contributed by atoms with van der Waals surface area (Å²) in [6.45, 7) is 10.6. The van der Waals surface area contributed by atoms with Crippen molar-refractivity contribution >= 4 is 29.8 Å². The third-order valence-corrected chi connectivity index (χ3v) is 6.24. The maximum Gasteiger partial charge on any atom is 0.410 e. The van der Waals surface area contributed by atoms with Crippen molar-refractivity contribution in [1.29, 1.82) is 0 Å². The standard InChI is InChI=1S/C26H42N4O7/c1-6-36-24(34)21(28-18(2)31)16-27-23(33)20-8-7-13-30(17-20)22(32)10-9-19-11-14-29(15-12-19)25(35)37-26(3,4)5/h9-10,19-21H,6-8,11-17H2,1-5H3,(H,27,33)(H,28,31)/b10-9+/t20-,21?/m1/s1. The zero-order chi connectivity index (χ0) is 27.6. The number of piperidine rings is 2. The van der Waals surface area contributed by atoms with Gasteiger partial charge in [-0.25, -0.2) is 9.59 Å². The van der Waals surface area contributed by atoms with Crippen LogP contribution >= 0.6 is 0 Å². The van der Waals surface area contributed by atoms with Crippen LogP contribution in [0.3, 0.4) is 0 Å². The van der Waals surface area contributed by atoms with Gasteiger partial charge in [0.15, 0.2) is 0 Å². The van der Waals surface area contributed by atoms with Gasteiger partial charge in [0.25, 0.3) is 0 Å². The second kappa shape index (κ2) is 14.0. The van der Waals surface area contributed by atoms with Crippen molar-refractivity contribution in [3.63, 3.8) is 0 Å². The van der Waals surface area contributed by atoms with Gasteiger partial charge in [0.2, 0.25) is 17.7 Å². The van der Waals surface area contributed by atoms with E-state index < -0.39 is 29.4 Å². The van der Waals surface area contributed by atoms with Gasteiger partial charge in [-0.05, 0) is 65.4 Å². The minimum atomic E-state index is -0.965. The normalized spacial score (nSPS) is 19.8. The van der Waals surface area contributed by atoms with Crippen LogP contribution in [0.4, 0.5) is 4.79 Å². The van der Waals surface area contributed by atoms with E-state index in [0.29, 0.717) is 32.5 Å². The zero-order valence-electron chi connectivity index (χ0n) is 22.7. The van der Waals surface area contributed by atoms with Gasteiger partial charge in [-0.2, -0.15) is 0 Å². The number of esters is 1. The Balaban J connectivity index is 1.82. The fourth-order valence-electron chi connectivity index (χ4n) is 4.34. The van der Waals surface area contributed by atoms with Crippen molar-refractivity contribution in [2.45, 2.75) is 71.9 Å². The van der Waals surface area contributed by atoms with Gasteiger partial charge in [0.1, 0.15) is 11.6 Å². The van der Waals surface area contributed by atoms with Gasteiger partial charge in [-0.1, -0.05) is 6.08 Å². The van der Waals surface area contributed by atoms with E-state index in [9.17, 15) is 24.0 Å². The molecule has 2 saturated heterocycles. The number of hydrogen-bond donors (Lipinski definition) is 2. The summed E-state index contributed by atoms with van der Waals surface area (Å²) in [6.07, 6.45) is 5.99. The van der Waals surface area contributed by atoms with E-state index in [1.165, 1.54) is 6.92 Å². The molecule has 0 radical (unpaired) electrons. The molecule has 2 aliphatic rings. The van der Waals surface area contributed by atoms with Gasteiger partial charge < -0.3 is 29.9 Å². The first kappa shape index (κ1) is 30.1. The maximum atomic E-state index is 12.8. The van der Waals surface area contributed by atoms with Crippen molar-refractivity contribution in [1.82, 2.24) is 20.4 Å². The molecule has 0 aromatic rings. The van der Waals surface area contributed by atoms with Gasteiger partial charge in [-0.15, -0.1) is 0 Å². The fourth-order valence-corrected chi connectivity index (χ4v) is 4.34. The minimum absolute atomic E-state index is 0.0798. The molecule has 2 rings (SSSR count). The molecule has 2 fully saturated rings. The van der Waals surface area contributed by atoms with Gasteiger partial charge >= 0.3 is 12.1 Å². The molecule has 0 aromatic carbocycles. The Morgan fingerprint density at radius 1 is 1.03 bits per heavy atom. The molecule has 2 aliphatic heterocycles. The quantitative estimate of drug-likeness (QED) is 0.365. The third-order valence-electron chi connectivity index (χ3n) is 6.24. The molecule has 37 heavy (non-hydrogen) atoms. The second-order valence-electron chi connectivity index (χ2n) is 10.5. The van der Waals surface area contributed by atoms with Crippen LogP contribution in [-0.2, 0) is 28.7 Å². The Morgan fingerprint density at radius 3 is 2.30 bits per heavy atom. The van der Waals surface area contributed by atoms with Gasteiger partial charge in [-0.3, -0.25) is 14.4 Å². The molecule has 0 aromatic heterocycles. The van der Waals surface area contributed by atoms with Crippen LogP contribution in [-0.4, -0.2) is 90.6 Å². The summed E-state index contributed by atoms with van der Waals surface area (Å²) in [5.41, 5.74) is -0.530. The SMILES string of the molecule is CCOC(=O)C(CNC(=O)[C@@H]1CCCN(C(=O)/C=C/C2CCN(C(=O)OC(C)(C)C)CC2)C1)NC(C)=O. The van der Waals surface area contributed by atoms with E-state index in [4.69, 9.17) is 9.47 Å². The number of allylic oxidation sites excluding steroid dienone is 1. The third kappa shape index (κ3) is 10.4. The lowest BCUT2D eigenvalue weighted by atomic mass is 9.95. The lowest BCUT2D eigenvalue weighted by molar-refractivity contribution is -0.147. The van der Waals surface area contributed by atoms with Crippen LogP contribution in [0.15, 0.2) is 12.2 Å². The molecule has 2 heterocycles. The van der Waals surface area contributed by atoms with Crippen LogP contribution in [0.25, 0.3) is 0 Å². The molecule has 2 N–H and O–H groups in total. The molecule has 208 valence electrons. The van der Waals surface area contributed by atoms with Crippen LogP contribution in [0.1, 0.15) is 60.3 Å². The molecule has 0 spiro atoms. The first-order valence-corrected chi connectivity index (χ1v) is 13.1. The number of amides is 4. The van der Waals surface area contributed by atoms with E-state index in [2.05, 4.69) is 10.6 Å². The fraction of sp³-hybridized carbons (Fsp3) is 0.731. The van der Waals surface area contributed by atoms with Crippen molar-refractivity contribution in [3.8, 4) is 0 Å². The topological polar surface area (TPSA) is 134 Å². The number of ether oxygens (including phenoxy) is 2. The molecular formula is C26H42N4O7. The average molecular weight is 523 g/mol. The maximum absolute atomic E-state index is 12.8. The summed E-state index contributed by atoms with van der Waals surface area (Å²) in [7, 11) is 0. The van der Waals surface area contributed by atoms with Crippen molar-refractivity contribution < 1.29 is 33.4 Å². The van der Waals surface area contributed by atoms with Crippen molar-refractivity contribution in [3.05, 3.63) is 12.2 Å². The highest BCUT2D eigenvalue weighted by Gasteiger charge is 2.30.